The van der Waals surface area contributed by atoms with E-state index in [4.69, 9.17) is 16.6 Å². The van der Waals surface area contributed by atoms with E-state index in [0.717, 1.165) is 51.8 Å². The van der Waals surface area contributed by atoms with Crippen molar-refractivity contribution in [1.82, 2.24) is 9.55 Å². The molecule has 2 nitrogen and oxygen atoms in total. The number of halogens is 1. The second-order valence-corrected chi connectivity index (χ2v) is 20.7. The summed E-state index contributed by atoms with van der Waals surface area (Å²) in [5, 5.41) is 3.44. The molecule has 0 N–H and O–H groups in total. The van der Waals surface area contributed by atoms with Crippen molar-refractivity contribution in [2.75, 3.05) is 0 Å². The smallest absolute Gasteiger partial charge is 0.120 e. The molecule has 1 aromatic heterocycles. The Labute approximate surface area is 308 Å². The second kappa shape index (κ2) is 9.90. The van der Waals surface area contributed by atoms with E-state index >= 15 is 0 Å². The first-order valence-electron chi connectivity index (χ1n) is 20.5. The van der Waals surface area contributed by atoms with Crippen LogP contribution in [0.25, 0.3) is 38.6 Å². The number of rotatable bonds is 4. The van der Waals surface area contributed by atoms with Gasteiger partial charge in [-0.05, 0) is 174 Å². The Morgan fingerprint density at radius 3 is 2.18 bits per heavy atom. The van der Waals surface area contributed by atoms with Crippen LogP contribution in [0.3, 0.4) is 0 Å². The molecule has 51 heavy (non-hydrogen) atoms. The molecule has 1 spiro atoms. The van der Waals surface area contributed by atoms with Crippen LogP contribution in [0.15, 0.2) is 72.8 Å². The highest BCUT2D eigenvalue weighted by atomic mass is 35.5. The number of benzene rings is 4. The molecule has 5 unspecified atom stereocenters. The van der Waals surface area contributed by atoms with Crippen molar-refractivity contribution in [3.63, 3.8) is 0 Å². The van der Waals surface area contributed by atoms with Gasteiger partial charge in [0.2, 0.25) is 0 Å². The lowest BCUT2D eigenvalue weighted by molar-refractivity contribution is -0.00982. The second-order valence-electron chi connectivity index (χ2n) is 20.3. The van der Waals surface area contributed by atoms with Crippen molar-refractivity contribution in [1.29, 1.82) is 0 Å². The quantitative estimate of drug-likeness (QED) is 0.183. The maximum Gasteiger partial charge on any atom is 0.120 e. The van der Waals surface area contributed by atoms with Crippen molar-refractivity contribution in [3.8, 4) is 16.8 Å². The van der Waals surface area contributed by atoms with Gasteiger partial charge in [-0.1, -0.05) is 87.0 Å². The predicted molar refractivity (Wildman–Crippen MR) is 210 cm³/mol. The molecule has 3 heteroatoms. The molecule has 8 fully saturated rings. The van der Waals surface area contributed by atoms with E-state index < -0.39 is 0 Å². The number of aromatic nitrogens is 2. The summed E-state index contributed by atoms with van der Waals surface area (Å²) in [6, 6.07) is 27.9. The zero-order chi connectivity index (χ0) is 34.1. The number of hydrogen-bond acceptors (Lipinski definition) is 1. The van der Waals surface area contributed by atoms with Gasteiger partial charge in [-0.3, -0.25) is 4.57 Å². The minimum absolute atomic E-state index is 0.0569. The van der Waals surface area contributed by atoms with E-state index in [1.54, 1.807) is 5.56 Å². The Balaban J connectivity index is 1.05. The topological polar surface area (TPSA) is 17.8 Å². The average molecular weight is 691 g/mol. The highest BCUT2D eigenvalue weighted by molar-refractivity contribution is 6.35. The van der Waals surface area contributed by atoms with Gasteiger partial charge in [-0.2, -0.15) is 0 Å². The van der Waals surface area contributed by atoms with E-state index in [1.165, 1.54) is 116 Å². The van der Waals surface area contributed by atoms with Crippen LogP contribution >= 0.6 is 11.6 Å². The summed E-state index contributed by atoms with van der Waals surface area (Å²) in [6.07, 6.45) is 17.0. The third-order valence-corrected chi connectivity index (χ3v) is 16.9. The number of fused-ring (bicyclic) bond motifs is 4. The van der Waals surface area contributed by atoms with Gasteiger partial charge in [-0.15, -0.1) is 0 Å². The van der Waals surface area contributed by atoms with E-state index in [9.17, 15) is 0 Å². The summed E-state index contributed by atoms with van der Waals surface area (Å²) in [5.41, 5.74) is 10.1. The zero-order valence-electron chi connectivity index (χ0n) is 30.6. The summed E-state index contributed by atoms with van der Waals surface area (Å²) < 4.78 is 2.57. The Bertz CT molecular complexity index is 2260. The summed E-state index contributed by atoms with van der Waals surface area (Å²) >= 11 is 7.76. The van der Waals surface area contributed by atoms with Crippen LogP contribution in [-0.4, -0.2) is 9.55 Å². The lowest BCUT2D eigenvalue weighted by Gasteiger charge is -2.56. The third-order valence-electron chi connectivity index (χ3n) is 16.5. The molecule has 4 aromatic carbocycles. The molecule has 5 aromatic rings. The maximum absolute atomic E-state index is 7.76. The van der Waals surface area contributed by atoms with E-state index in [0.29, 0.717) is 10.8 Å². The Morgan fingerprint density at radius 2 is 1.41 bits per heavy atom. The van der Waals surface area contributed by atoms with Crippen LogP contribution in [0.1, 0.15) is 115 Å². The van der Waals surface area contributed by atoms with E-state index in [2.05, 4.69) is 98.1 Å². The fraction of sp³-hybridized carbons (Fsp3) is 0.521. The SMILES string of the molecule is CC(C)(C)c1ccc(-c2cccc(-n3c(C45CC6CC(CC(C6)C4)C5)nc4cc(C56CC7CC8CC(C5)C8(C7)C6)ccc43)c2Cl)c2ccccc12. The van der Waals surface area contributed by atoms with Crippen molar-refractivity contribution in [3.05, 3.63) is 94.8 Å². The first kappa shape index (κ1) is 30.4. The lowest BCUT2D eigenvalue weighted by Crippen LogP contribution is -2.49. The first-order valence-corrected chi connectivity index (χ1v) is 20.8. The van der Waals surface area contributed by atoms with Crippen molar-refractivity contribution in [2.45, 2.75) is 114 Å². The summed E-state index contributed by atoms with van der Waals surface area (Å²) in [5.74, 6) is 6.82. The third kappa shape index (κ3) is 3.99. The number of nitrogens with zero attached hydrogens (tertiary/aromatic N) is 2. The number of hydrogen-bond donors (Lipinski definition) is 0. The van der Waals surface area contributed by atoms with Crippen LogP contribution in [0.4, 0.5) is 0 Å². The minimum atomic E-state index is 0.0569. The van der Waals surface area contributed by atoms with E-state index in [1.807, 2.05) is 0 Å². The van der Waals surface area contributed by atoms with Gasteiger partial charge in [0.25, 0.3) is 0 Å². The molecule has 8 saturated carbocycles. The van der Waals surface area contributed by atoms with Crippen LogP contribution in [0, 0.1) is 40.9 Å². The minimum Gasteiger partial charge on any atom is -0.294 e. The summed E-state index contributed by atoms with van der Waals surface area (Å²) in [6.45, 7) is 6.94. The maximum atomic E-state index is 7.76. The molecular formula is C48H51ClN2. The summed E-state index contributed by atoms with van der Waals surface area (Å²) in [4.78, 5) is 5.83. The average Bonchev–Trinajstić information content (AvgIpc) is 3.64. The molecular weight excluding hydrogens is 640 g/mol. The van der Waals surface area contributed by atoms with Gasteiger partial charge in [0, 0.05) is 11.0 Å². The van der Waals surface area contributed by atoms with Crippen molar-refractivity contribution < 1.29 is 0 Å². The van der Waals surface area contributed by atoms with Gasteiger partial charge in [0.1, 0.15) is 5.82 Å². The lowest BCUT2D eigenvalue weighted by atomic mass is 9.49. The fourth-order valence-corrected chi connectivity index (χ4v) is 15.5. The Kier molecular flexibility index (Phi) is 5.90. The molecule has 8 aliphatic carbocycles. The standard InChI is InChI=1S/C48H51ClN2/c1-45(2,3)39-13-12-36(35-7-4-5-8-37(35)39)38-9-6-10-42(43(38)49)51-41-14-11-32(47-24-31-18-33-19-34(26-47)48(33,25-31)27-47)20-40(41)50-44(51)46-21-28-15-29(22-46)17-30(16-28)23-46/h4-14,20,28-31,33-34H,15-19,21-27H2,1-3H3. The van der Waals surface area contributed by atoms with Crippen LogP contribution in [-0.2, 0) is 16.2 Å². The molecule has 0 radical (unpaired) electrons. The molecule has 0 amide bonds. The van der Waals surface area contributed by atoms with Crippen LogP contribution in [0.5, 0.6) is 0 Å². The van der Waals surface area contributed by atoms with Gasteiger partial charge >= 0.3 is 0 Å². The normalized spacial score (nSPS) is 37.1. The largest absolute Gasteiger partial charge is 0.294 e. The first-order chi connectivity index (χ1) is 24.6. The van der Waals surface area contributed by atoms with Gasteiger partial charge < -0.3 is 0 Å². The van der Waals surface area contributed by atoms with Gasteiger partial charge in [0.05, 0.1) is 21.7 Å². The Morgan fingerprint density at radius 1 is 0.667 bits per heavy atom. The molecule has 0 saturated heterocycles. The van der Waals surface area contributed by atoms with Crippen molar-refractivity contribution in [2.24, 2.45) is 40.9 Å². The van der Waals surface area contributed by atoms with Crippen molar-refractivity contribution >= 4 is 33.4 Å². The summed E-state index contributed by atoms with van der Waals surface area (Å²) in [7, 11) is 0. The van der Waals surface area contributed by atoms with Crippen LogP contribution < -0.4 is 0 Å². The predicted octanol–water partition coefficient (Wildman–Crippen LogP) is 12.7. The highest BCUT2D eigenvalue weighted by Gasteiger charge is 2.71. The zero-order valence-corrected chi connectivity index (χ0v) is 31.4. The highest BCUT2D eigenvalue weighted by Crippen LogP contribution is 2.79. The monoisotopic (exact) mass is 690 g/mol. The Hall–Kier alpha value is -3.10. The molecule has 260 valence electrons. The van der Waals surface area contributed by atoms with Gasteiger partial charge in [-0.25, -0.2) is 4.98 Å². The molecule has 8 aliphatic rings. The molecule has 5 atom stereocenters. The fourth-order valence-electron chi connectivity index (χ4n) is 15.2. The molecule has 13 rings (SSSR count). The van der Waals surface area contributed by atoms with Gasteiger partial charge in [0.15, 0.2) is 0 Å². The van der Waals surface area contributed by atoms with E-state index in [-0.39, 0.29) is 10.8 Å². The molecule has 0 aliphatic heterocycles. The molecule has 7 bridgehead atoms. The number of imidazole rings is 1. The molecule has 1 heterocycles. The van der Waals surface area contributed by atoms with Crippen LogP contribution in [0.2, 0.25) is 5.02 Å².